The number of aromatic amines is 1. The van der Waals surface area contributed by atoms with Crippen molar-refractivity contribution in [2.75, 3.05) is 13.1 Å². The van der Waals surface area contributed by atoms with E-state index in [9.17, 15) is 9.18 Å². The van der Waals surface area contributed by atoms with Crippen molar-refractivity contribution in [3.05, 3.63) is 89.5 Å². The van der Waals surface area contributed by atoms with Crippen molar-refractivity contribution < 1.29 is 13.6 Å². The van der Waals surface area contributed by atoms with Gasteiger partial charge in [-0.3, -0.25) is 9.69 Å². The van der Waals surface area contributed by atoms with Crippen LogP contribution in [0.2, 0.25) is 0 Å². The molecule has 0 spiro atoms. The second-order valence-corrected chi connectivity index (χ2v) is 7.44. The van der Waals surface area contributed by atoms with E-state index in [2.05, 4.69) is 32.3 Å². The first-order valence-electron chi connectivity index (χ1n) is 10.4. The number of hydrogen-bond acceptors (Lipinski definition) is 4. The van der Waals surface area contributed by atoms with Crippen molar-refractivity contribution in [1.29, 1.82) is 0 Å². The van der Waals surface area contributed by atoms with Crippen molar-refractivity contribution in [1.82, 2.24) is 20.2 Å². The molecule has 2 aromatic carbocycles. The van der Waals surface area contributed by atoms with Gasteiger partial charge < -0.3 is 14.7 Å². The van der Waals surface area contributed by atoms with Gasteiger partial charge >= 0.3 is 0 Å². The highest BCUT2D eigenvalue weighted by Crippen LogP contribution is 2.19. The number of oxazole rings is 1. The fraction of sp³-hybridized carbons (Fsp3) is 0.250. The lowest BCUT2D eigenvalue weighted by atomic mass is 10.1. The van der Waals surface area contributed by atoms with Gasteiger partial charge in [0.15, 0.2) is 5.69 Å². The summed E-state index contributed by atoms with van der Waals surface area (Å²) in [6.07, 6.45) is 4.22. The van der Waals surface area contributed by atoms with E-state index in [4.69, 9.17) is 4.42 Å². The summed E-state index contributed by atoms with van der Waals surface area (Å²) in [5.74, 6) is -0.0618. The molecule has 0 aliphatic rings. The Hall–Kier alpha value is -3.45. The van der Waals surface area contributed by atoms with Crippen LogP contribution >= 0.6 is 0 Å². The first-order valence-corrected chi connectivity index (χ1v) is 10.4. The van der Waals surface area contributed by atoms with Gasteiger partial charge in [0, 0.05) is 36.7 Å². The number of H-pyrrole nitrogens is 1. The Morgan fingerprint density at radius 3 is 2.90 bits per heavy atom. The molecule has 0 radical (unpaired) electrons. The molecule has 7 heteroatoms. The monoisotopic (exact) mass is 420 g/mol. The molecule has 31 heavy (non-hydrogen) atoms. The zero-order valence-corrected chi connectivity index (χ0v) is 17.4. The number of rotatable bonds is 9. The van der Waals surface area contributed by atoms with Gasteiger partial charge in [0.05, 0.1) is 6.54 Å². The highest BCUT2D eigenvalue weighted by Gasteiger charge is 2.16. The van der Waals surface area contributed by atoms with E-state index in [0.29, 0.717) is 25.5 Å². The zero-order valence-electron chi connectivity index (χ0n) is 17.4. The van der Waals surface area contributed by atoms with Crippen molar-refractivity contribution in [3.63, 3.8) is 0 Å². The Labute approximate surface area is 180 Å². The van der Waals surface area contributed by atoms with Crippen LogP contribution in [-0.4, -0.2) is 33.9 Å². The average molecular weight is 420 g/mol. The molecule has 4 rings (SSSR count). The first kappa shape index (κ1) is 20.8. The number of carbonyl (C=O) groups excluding carboxylic acids is 1. The number of benzene rings is 2. The van der Waals surface area contributed by atoms with E-state index in [-0.39, 0.29) is 17.4 Å². The molecule has 0 unspecified atom stereocenters. The second kappa shape index (κ2) is 9.57. The van der Waals surface area contributed by atoms with E-state index in [1.807, 2.05) is 31.3 Å². The van der Waals surface area contributed by atoms with Crippen LogP contribution in [0.25, 0.3) is 10.9 Å². The van der Waals surface area contributed by atoms with Crippen LogP contribution in [0.3, 0.4) is 0 Å². The molecular weight excluding hydrogens is 395 g/mol. The van der Waals surface area contributed by atoms with Crippen molar-refractivity contribution in [2.24, 2.45) is 0 Å². The topological polar surface area (TPSA) is 74.2 Å². The normalized spacial score (nSPS) is 11.3. The van der Waals surface area contributed by atoms with Crippen LogP contribution in [0.1, 0.15) is 34.4 Å². The van der Waals surface area contributed by atoms with Gasteiger partial charge in [-0.2, -0.15) is 0 Å². The number of fused-ring (bicyclic) bond motifs is 1. The van der Waals surface area contributed by atoms with Crippen molar-refractivity contribution in [3.8, 4) is 0 Å². The highest BCUT2D eigenvalue weighted by molar-refractivity contribution is 5.91. The first-order chi connectivity index (χ1) is 15.1. The third kappa shape index (κ3) is 5.19. The van der Waals surface area contributed by atoms with Crippen LogP contribution in [0, 0.1) is 5.82 Å². The number of halogens is 1. The lowest BCUT2D eigenvalue weighted by Gasteiger charge is -2.21. The van der Waals surface area contributed by atoms with E-state index < -0.39 is 0 Å². The molecule has 6 nitrogen and oxygen atoms in total. The lowest BCUT2D eigenvalue weighted by molar-refractivity contribution is 0.0950. The summed E-state index contributed by atoms with van der Waals surface area (Å²) in [6, 6.07) is 14.8. The minimum Gasteiger partial charge on any atom is -0.447 e. The third-order valence-corrected chi connectivity index (χ3v) is 5.15. The van der Waals surface area contributed by atoms with Crippen LogP contribution in [0.4, 0.5) is 4.39 Å². The summed E-state index contributed by atoms with van der Waals surface area (Å²) in [6.45, 7) is 4.05. The Morgan fingerprint density at radius 1 is 1.19 bits per heavy atom. The number of nitrogens with one attached hydrogen (secondary N) is 2. The molecular formula is C24H25FN4O2. The fourth-order valence-electron chi connectivity index (χ4n) is 3.65. The van der Waals surface area contributed by atoms with Crippen LogP contribution in [0.15, 0.2) is 65.4 Å². The predicted molar refractivity (Wildman–Crippen MR) is 117 cm³/mol. The molecule has 0 saturated carbocycles. The minimum atomic E-state index is -0.260. The molecule has 0 bridgehead atoms. The Balaban J connectivity index is 1.50. The smallest absolute Gasteiger partial charge is 0.273 e. The van der Waals surface area contributed by atoms with E-state index in [0.717, 1.165) is 24.0 Å². The molecule has 2 heterocycles. The lowest BCUT2D eigenvalue weighted by Crippen LogP contribution is -2.26. The summed E-state index contributed by atoms with van der Waals surface area (Å²) < 4.78 is 19.2. The van der Waals surface area contributed by atoms with Crippen LogP contribution in [0.5, 0.6) is 0 Å². The zero-order chi connectivity index (χ0) is 21.6. The molecule has 0 saturated heterocycles. The van der Waals surface area contributed by atoms with Gasteiger partial charge in [-0.15, -0.1) is 0 Å². The number of hydrogen-bond donors (Lipinski definition) is 2. The molecule has 2 aromatic heterocycles. The Bertz CT molecular complexity index is 1170. The molecule has 0 fully saturated rings. The van der Waals surface area contributed by atoms with E-state index >= 15 is 0 Å². The molecule has 0 aliphatic carbocycles. The maximum Gasteiger partial charge on any atom is 0.273 e. The standard InChI is InChI=1S/C24H25FN4O2/c1-2-26-24(30)22-16-31-23(28-22)15-29(14-17-6-5-7-19(25)12-17)11-10-18-13-27-21-9-4-3-8-20(18)21/h3-9,12-13,16,27H,2,10-11,14-15H2,1H3,(H,26,30). The molecule has 2 N–H and O–H groups in total. The van der Waals surface area contributed by atoms with E-state index in [1.165, 1.54) is 29.3 Å². The average Bonchev–Trinajstić information content (AvgIpc) is 3.39. The second-order valence-electron chi connectivity index (χ2n) is 7.44. The summed E-state index contributed by atoms with van der Waals surface area (Å²) in [4.78, 5) is 21.8. The SMILES string of the molecule is CCNC(=O)c1coc(CN(CCc2c[nH]c3ccccc23)Cc2cccc(F)c2)n1. The van der Waals surface area contributed by atoms with Crippen LogP contribution < -0.4 is 5.32 Å². The molecule has 0 atom stereocenters. The predicted octanol–water partition coefficient (Wildman–Crippen LogP) is 4.29. The number of aromatic nitrogens is 2. The maximum atomic E-state index is 13.7. The van der Waals surface area contributed by atoms with Crippen LogP contribution in [-0.2, 0) is 19.5 Å². The van der Waals surface area contributed by atoms with Gasteiger partial charge in [-0.25, -0.2) is 9.37 Å². The summed E-state index contributed by atoms with van der Waals surface area (Å²) in [7, 11) is 0. The largest absolute Gasteiger partial charge is 0.447 e. The number of para-hydroxylation sites is 1. The van der Waals surface area contributed by atoms with Gasteiger partial charge in [0.1, 0.15) is 12.1 Å². The third-order valence-electron chi connectivity index (χ3n) is 5.15. The summed E-state index contributed by atoms with van der Waals surface area (Å²) in [5.41, 5.74) is 3.46. The molecule has 1 amide bonds. The number of amides is 1. The van der Waals surface area contributed by atoms with Crippen molar-refractivity contribution in [2.45, 2.75) is 26.4 Å². The van der Waals surface area contributed by atoms with E-state index in [1.54, 1.807) is 6.07 Å². The van der Waals surface area contributed by atoms with Gasteiger partial charge in [0.25, 0.3) is 5.91 Å². The maximum absolute atomic E-state index is 13.7. The molecule has 0 aliphatic heterocycles. The quantitative estimate of drug-likeness (QED) is 0.424. The summed E-state index contributed by atoms with van der Waals surface area (Å²) in [5, 5.41) is 3.91. The van der Waals surface area contributed by atoms with Gasteiger partial charge in [-0.1, -0.05) is 30.3 Å². The Kier molecular flexibility index (Phi) is 6.43. The summed E-state index contributed by atoms with van der Waals surface area (Å²) >= 11 is 0. The molecule has 160 valence electrons. The number of nitrogens with zero attached hydrogens (tertiary/aromatic N) is 2. The van der Waals surface area contributed by atoms with Crippen molar-refractivity contribution >= 4 is 16.8 Å². The minimum absolute atomic E-state index is 0.257. The Morgan fingerprint density at radius 2 is 2.06 bits per heavy atom. The van der Waals surface area contributed by atoms with Gasteiger partial charge in [0.2, 0.25) is 5.89 Å². The molecule has 4 aromatic rings. The van der Waals surface area contributed by atoms with Gasteiger partial charge in [-0.05, 0) is 42.7 Å². The number of carbonyl (C=O) groups is 1. The fourth-order valence-corrected chi connectivity index (χ4v) is 3.65. The highest BCUT2D eigenvalue weighted by atomic mass is 19.1.